The third-order valence-corrected chi connectivity index (χ3v) is 2.95. The smallest absolute Gasteiger partial charge is 0.341 e. The van der Waals surface area contributed by atoms with E-state index in [-0.39, 0.29) is 11.1 Å². The van der Waals surface area contributed by atoms with Crippen LogP contribution in [-0.2, 0) is 9.53 Å². The molecule has 0 saturated heterocycles. The summed E-state index contributed by atoms with van der Waals surface area (Å²) in [5, 5.41) is 11.2. The Morgan fingerprint density at radius 2 is 2.04 bits per heavy atom. The molecule has 0 aliphatic rings. The maximum absolute atomic E-state index is 13.7. The molecular formula is C17H13FN2O3. The Labute approximate surface area is 132 Å². The van der Waals surface area contributed by atoms with Gasteiger partial charge in [0.1, 0.15) is 5.82 Å². The van der Waals surface area contributed by atoms with Gasteiger partial charge in [-0.3, -0.25) is 4.79 Å². The number of amides is 1. The molecule has 6 heteroatoms. The summed E-state index contributed by atoms with van der Waals surface area (Å²) in [5.41, 5.74) is 1.32. The second-order valence-electron chi connectivity index (χ2n) is 4.80. The lowest BCUT2D eigenvalue weighted by Gasteiger charge is -2.07. The van der Waals surface area contributed by atoms with Crippen molar-refractivity contribution in [3.8, 4) is 6.07 Å². The number of nitriles is 1. The van der Waals surface area contributed by atoms with Gasteiger partial charge in [-0.05, 0) is 42.8 Å². The zero-order chi connectivity index (χ0) is 16.8. The van der Waals surface area contributed by atoms with Gasteiger partial charge in [0.25, 0.3) is 5.91 Å². The zero-order valence-electron chi connectivity index (χ0n) is 12.3. The first-order chi connectivity index (χ1) is 11.0. The Hall–Kier alpha value is -3.20. The van der Waals surface area contributed by atoms with E-state index < -0.39 is 24.3 Å². The van der Waals surface area contributed by atoms with Crippen LogP contribution in [0.2, 0.25) is 0 Å². The van der Waals surface area contributed by atoms with Crippen molar-refractivity contribution in [1.82, 2.24) is 0 Å². The van der Waals surface area contributed by atoms with Gasteiger partial charge in [0.15, 0.2) is 6.61 Å². The molecule has 0 atom stereocenters. The summed E-state index contributed by atoms with van der Waals surface area (Å²) in [6, 6.07) is 12.3. The van der Waals surface area contributed by atoms with Gasteiger partial charge < -0.3 is 10.1 Å². The average Bonchev–Trinajstić information content (AvgIpc) is 2.52. The molecule has 0 saturated carbocycles. The summed E-state index contributed by atoms with van der Waals surface area (Å²) in [6.45, 7) is 1.34. The molecule has 0 aliphatic carbocycles. The number of carbonyl (C=O) groups is 2. The van der Waals surface area contributed by atoms with Gasteiger partial charge in [-0.15, -0.1) is 0 Å². The van der Waals surface area contributed by atoms with Gasteiger partial charge >= 0.3 is 5.97 Å². The van der Waals surface area contributed by atoms with Crippen LogP contribution in [-0.4, -0.2) is 18.5 Å². The predicted octanol–water partition coefficient (Wildman–Crippen LogP) is 2.80. The summed E-state index contributed by atoms with van der Waals surface area (Å²) in [6.07, 6.45) is 0. The van der Waals surface area contributed by atoms with Crippen LogP contribution in [0.1, 0.15) is 21.5 Å². The van der Waals surface area contributed by atoms with Gasteiger partial charge in [-0.1, -0.05) is 12.1 Å². The highest BCUT2D eigenvalue weighted by Crippen LogP contribution is 2.12. The van der Waals surface area contributed by atoms with Crippen molar-refractivity contribution in [3.63, 3.8) is 0 Å². The van der Waals surface area contributed by atoms with Gasteiger partial charge in [-0.25, -0.2) is 9.18 Å². The molecule has 0 aromatic heterocycles. The fourth-order valence-electron chi connectivity index (χ4n) is 1.88. The van der Waals surface area contributed by atoms with Crippen LogP contribution < -0.4 is 5.32 Å². The molecule has 2 aromatic rings. The van der Waals surface area contributed by atoms with E-state index in [1.54, 1.807) is 24.3 Å². The van der Waals surface area contributed by atoms with Crippen molar-refractivity contribution in [3.05, 3.63) is 65.0 Å². The first-order valence-electron chi connectivity index (χ1n) is 6.73. The Morgan fingerprint density at radius 1 is 1.26 bits per heavy atom. The maximum Gasteiger partial charge on any atom is 0.341 e. The van der Waals surface area contributed by atoms with Gasteiger partial charge in [-0.2, -0.15) is 5.26 Å². The highest BCUT2D eigenvalue weighted by molar-refractivity contribution is 5.95. The van der Waals surface area contributed by atoms with Gasteiger partial charge in [0, 0.05) is 5.69 Å². The second kappa shape index (κ2) is 7.18. The van der Waals surface area contributed by atoms with Crippen LogP contribution in [0.3, 0.4) is 0 Å². The van der Waals surface area contributed by atoms with Crippen LogP contribution in [0.4, 0.5) is 10.1 Å². The average molecular weight is 312 g/mol. The first-order valence-corrected chi connectivity index (χ1v) is 6.73. The van der Waals surface area contributed by atoms with E-state index in [0.717, 1.165) is 17.7 Å². The lowest BCUT2D eigenvalue weighted by molar-refractivity contribution is -0.119. The number of benzene rings is 2. The minimum absolute atomic E-state index is 0.0937. The molecule has 23 heavy (non-hydrogen) atoms. The first kappa shape index (κ1) is 16.2. The van der Waals surface area contributed by atoms with Crippen molar-refractivity contribution < 1.29 is 18.7 Å². The zero-order valence-corrected chi connectivity index (χ0v) is 12.3. The highest BCUT2D eigenvalue weighted by Gasteiger charge is 2.15. The number of hydrogen-bond donors (Lipinski definition) is 1. The molecule has 0 radical (unpaired) electrons. The normalized spacial score (nSPS) is 9.78. The number of hydrogen-bond acceptors (Lipinski definition) is 4. The number of anilines is 1. The highest BCUT2D eigenvalue weighted by atomic mass is 19.1. The van der Waals surface area contributed by atoms with E-state index >= 15 is 0 Å². The molecule has 2 rings (SSSR count). The Bertz CT molecular complexity index is 797. The van der Waals surface area contributed by atoms with Crippen molar-refractivity contribution in [2.45, 2.75) is 6.92 Å². The van der Waals surface area contributed by atoms with E-state index in [1.807, 2.05) is 13.0 Å². The van der Waals surface area contributed by atoms with Crippen molar-refractivity contribution >= 4 is 17.6 Å². The lowest BCUT2D eigenvalue weighted by Crippen LogP contribution is -2.21. The number of nitrogens with one attached hydrogen (secondary N) is 1. The van der Waals surface area contributed by atoms with E-state index in [9.17, 15) is 14.0 Å². The molecular weight excluding hydrogens is 299 g/mol. The largest absolute Gasteiger partial charge is 0.452 e. The van der Waals surface area contributed by atoms with E-state index in [4.69, 9.17) is 10.00 Å². The molecule has 0 bridgehead atoms. The molecule has 2 aromatic carbocycles. The Morgan fingerprint density at radius 3 is 2.70 bits per heavy atom. The molecule has 0 spiro atoms. The molecule has 0 aliphatic heterocycles. The molecule has 0 unspecified atom stereocenters. The molecule has 116 valence electrons. The van der Waals surface area contributed by atoms with Gasteiger partial charge in [0.05, 0.1) is 17.2 Å². The number of halogens is 1. The lowest BCUT2D eigenvalue weighted by atomic mass is 10.1. The summed E-state index contributed by atoms with van der Waals surface area (Å²) >= 11 is 0. The monoisotopic (exact) mass is 312 g/mol. The third kappa shape index (κ3) is 4.38. The van der Waals surface area contributed by atoms with Crippen molar-refractivity contribution in [1.29, 1.82) is 5.26 Å². The van der Waals surface area contributed by atoms with Crippen LogP contribution in [0.5, 0.6) is 0 Å². The molecule has 5 nitrogen and oxygen atoms in total. The predicted molar refractivity (Wildman–Crippen MR) is 81.2 cm³/mol. The standard InChI is InChI=1S/C17H13FN2O3/c1-11-3-2-4-13(7-11)20-16(21)10-23-17(22)14-6-5-12(9-19)8-15(14)18/h2-8H,10H2,1H3,(H,20,21). The molecule has 0 heterocycles. The third-order valence-electron chi connectivity index (χ3n) is 2.95. The number of rotatable bonds is 4. The van der Waals surface area contributed by atoms with Gasteiger partial charge in [0.2, 0.25) is 0 Å². The van der Waals surface area contributed by atoms with Crippen LogP contribution in [0, 0.1) is 24.1 Å². The molecule has 1 amide bonds. The summed E-state index contributed by atoms with van der Waals surface area (Å²) < 4.78 is 18.4. The molecule has 0 fully saturated rings. The van der Waals surface area contributed by atoms with E-state index in [2.05, 4.69) is 5.32 Å². The number of ether oxygens (including phenoxy) is 1. The second-order valence-corrected chi connectivity index (χ2v) is 4.80. The minimum Gasteiger partial charge on any atom is -0.452 e. The van der Waals surface area contributed by atoms with E-state index in [1.165, 1.54) is 6.07 Å². The quantitative estimate of drug-likeness (QED) is 0.880. The molecule has 1 N–H and O–H groups in total. The fraction of sp³-hybridized carbons (Fsp3) is 0.118. The van der Waals surface area contributed by atoms with Crippen LogP contribution in [0.25, 0.3) is 0 Å². The topological polar surface area (TPSA) is 79.2 Å². The Kier molecular flexibility index (Phi) is 5.05. The fourth-order valence-corrected chi connectivity index (χ4v) is 1.88. The Balaban J connectivity index is 1.94. The SMILES string of the molecule is Cc1cccc(NC(=O)COC(=O)c2ccc(C#N)cc2F)c1. The minimum atomic E-state index is -0.966. The van der Waals surface area contributed by atoms with E-state index in [0.29, 0.717) is 5.69 Å². The summed E-state index contributed by atoms with van der Waals surface area (Å²) in [5.74, 6) is -2.36. The number of esters is 1. The maximum atomic E-state index is 13.7. The summed E-state index contributed by atoms with van der Waals surface area (Å²) in [4.78, 5) is 23.5. The number of carbonyl (C=O) groups excluding carboxylic acids is 2. The van der Waals surface area contributed by atoms with Crippen LogP contribution >= 0.6 is 0 Å². The van der Waals surface area contributed by atoms with Crippen molar-refractivity contribution in [2.24, 2.45) is 0 Å². The van der Waals surface area contributed by atoms with Crippen molar-refractivity contribution in [2.75, 3.05) is 11.9 Å². The summed E-state index contributed by atoms with van der Waals surface area (Å²) in [7, 11) is 0. The number of nitrogens with zero attached hydrogens (tertiary/aromatic N) is 1. The van der Waals surface area contributed by atoms with Crippen LogP contribution in [0.15, 0.2) is 42.5 Å². The number of aryl methyl sites for hydroxylation is 1.